The molecule has 108 valence electrons. The number of nitrogens with zero attached hydrogens (tertiary/aromatic N) is 1. The second-order valence-corrected chi connectivity index (χ2v) is 3.73. The Labute approximate surface area is 111 Å². The first-order chi connectivity index (χ1) is 8.60. The molecule has 0 aliphatic carbocycles. The molecule has 0 aromatic carbocycles. The van der Waals surface area contributed by atoms with Crippen LogP contribution in [0.25, 0.3) is 0 Å². The lowest BCUT2D eigenvalue weighted by Crippen LogP contribution is -2.22. The van der Waals surface area contributed by atoms with Crippen molar-refractivity contribution in [2.45, 2.75) is 17.9 Å². The molecule has 0 aliphatic heterocycles. The van der Waals surface area contributed by atoms with Gasteiger partial charge in [-0.2, -0.15) is 13.2 Å². The zero-order valence-corrected chi connectivity index (χ0v) is 10.8. The number of pyridine rings is 1. The Hall–Kier alpha value is -1.19. The standard InChI is InChI=1S/C9H6BrF6NO2/c1-18-5-3-17-7(19-9(14,15)16)6(4(5)2-10)8(11,12)13/h3H,2H2,1H3. The molecule has 3 nitrogen and oxygen atoms in total. The van der Waals surface area contributed by atoms with Crippen LogP contribution >= 0.6 is 15.9 Å². The third-order valence-electron chi connectivity index (χ3n) is 1.96. The minimum absolute atomic E-state index is 0.293. The molecular weight excluding hydrogens is 348 g/mol. The maximum Gasteiger partial charge on any atom is 0.574 e. The number of hydrogen-bond donors (Lipinski definition) is 0. The lowest BCUT2D eigenvalue weighted by molar-refractivity contribution is -0.277. The summed E-state index contributed by atoms with van der Waals surface area (Å²) in [5, 5.41) is -0.373. The van der Waals surface area contributed by atoms with Gasteiger partial charge in [0.05, 0.1) is 13.3 Å². The minimum Gasteiger partial charge on any atom is -0.495 e. The molecule has 0 radical (unpaired) electrons. The maximum absolute atomic E-state index is 12.8. The van der Waals surface area contributed by atoms with Crippen molar-refractivity contribution in [1.82, 2.24) is 4.98 Å². The molecule has 0 spiro atoms. The number of ether oxygens (including phenoxy) is 2. The molecule has 0 fully saturated rings. The van der Waals surface area contributed by atoms with E-state index in [1.54, 1.807) is 0 Å². The first-order valence-electron chi connectivity index (χ1n) is 4.55. The number of aromatic nitrogens is 1. The van der Waals surface area contributed by atoms with Crippen LogP contribution in [-0.4, -0.2) is 18.5 Å². The SMILES string of the molecule is COc1cnc(OC(F)(F)F)c(C(F)(F)F)c1CBr. The van der Waals surface area contributed by atoms with E-state index in [9.17, 15) is 26.3 Å². The molecule has 19 heavy (non-hydrogen) atoms. The molecule has 1 heterocycles. The molecule has 0 N–H and O–H groups in total. The predicted molar refractivity (Wildman–Crippen MR) is 55.1 cm³/mol. The lowest BCUT2D eigenvalue weighted by Gasteiger charge is -2.18. The second kappa shape index (κ2) is 5.43. The first-order valence-corrected chi connectivity index (χ1v) is 5.67. The van der Waals surface area contributed by atoms with Crippen molar-refractivity contribution in [3.63, 3.8) is 0 Å². The highest BCUT2D eigenvalue weighted by Gasteiger charge is 2.43. The van der Waals surface area contributed by atoms with Crippen LogP contribution in [0.1, 0.15) is 11.1 Å². The summed E-state index contributed by atoms with van der Waals surface area (Å²) in [5.41, 5.74) is -2.15. The highest BCUT2D eigenvalue weighted by atomic mass is 79.9. The van der Waals surface area contributed by atoms with E-state index >= 15 is 0 Å². The van der Waals surface area contributed by atoms with Gasteiger partial charge in [0.1, 0.15) is 11.3 Å². The molecule has 1 aromatic rings. The van der Waals surface area contributed by atoms with Crippen LogP contribution < -0.4 is 9.47 Å². The summed E-state index contributed by atoms with van der Waals surface area (Å²) in [6.07, 6.45) is -9.61. The summed E-state index contributed by atoms with van der Waals surface area (Å²) in [7, 11) is 1.08. The Balaban J connectivity index is 3.48. The lowest BCUT2D eigenvalue weighted by atomic mass is 10.1. The van der Waals surface area contributed by atoms with Crippen LogP contribution in [0.4, 0.5) is 26.3 Å². The van der Waals surface area contributed by atoms with Crippen LogP contribution in [0.5, 0.6) is 11.6 Å². The third kappa shape index (κ3) is 3.88. The monoisotopic (exact) mass is 353 g/mol. The van der Waals surface area contributed by atoms with Crippen LogP contribution in [-0.2, 0) is 11.5 Å². The van der Waals surface area contributed by atoms with Crippen molar-refractivity contribution >= 4 is 15.9 Å². The summed E-state index contributed by atoms with van der Waals surface area (Å²) in [4.78, 5) is 3.00. The van der Waals surface area contributed by atoms with Gasteiger partial charge in [0.2, 0.25) is 5.88 Å². The van der Waals surface area contributed by atoms with E-state index in [1.807, 2.05) is 0 Å². The number of hydrogen-bond acceptors (Lipinski definition) is 3. The Bertz CT molecular complexity index is 459. The van der Waals surface area contributed by atoms with Gasteiger partial charge in [-0.05, 0) is 0 Å². The zero-order valence-electron chi connectivity index (χ0n) is 9.19. The van der Waals surface area contributed by atoms with E-state index in [0.29, 0.717) is 0 Å². The van der Waals surface area contributed by atoms with Gasteiger partial charge in [0.25, 0.3) is 0 Å². The van der Waals surface area contributed by atoms with Gasteiger partial charge in [-0.1, -0.05) is 15.9 Å². The molecule has 1 rings (SSSR count). The molecule has 0 unspecified atom stereocenters. The van der Waals surface area contributed by atoms with E-state index in [1.165, 1.54) is 0 Å². The number of methoxy groups -OCH3 is 1. The van der Waals surface area contributed by atoms with Crippen LogP contribution in [0.3, 0.4) is 0 Å². The molecule has 1 aromatic heterocycles. The Kier molecular flexibility index (Phi) is 4.54. The highest BCUT2D eigenvalue weighted by molar-refractivity contribution is 9.08. The summed E-state index contributed by atoms with van der Waals surface area (Å²) in [6, 6.07) is 0. The topological polar surface area (TPSA) is 31.4 Å². The van der Waals surface area contributed by atoms with Crippen molar-refractivity contribution in [3.05, 3.63) is 17.3 Å². The van der Waals surface area contributed by atoms with Gasteiger partial charge < -0.3 is 9.47 Å². The Morgan fingerprint density at radius 1 is 1.21 bits per heavy atom. The second-order valence-electron chi connectivity index (χ2n) is 3.16. The van der Waals surface area contributed by atoms with Crippen molar-refractivity contribution in [2.24, 2.45) is 0 Å². The van der Waals surface area contributed by atoms with Crippen LogP contribution in [0.15, 0.2) is 6.20 Å². The fourth-order valence-electron chi connectivity index (χ4n) is 1.30. The number of halogens is 7. The molecule has 0 atom stereocenters. The largest absolute Gasteiger partial charge is 0.574 e. The van der Waals surface area contributed by atoms with Gasteiger partial charge in [0.15, 0.2) is 0 Å². The van der Waals surface area contributed by atoms with Gasteiger partial charge >= 0.3 is 12.5 Å². The summed E-state index contributed by atoms with van der Waals surface area (Å²) < 4.78 is 82.6. The predicted octanol–water partition coefficient (Wildman–Crippen LogP) is 3.90. The van der Waals surface area contributed by atoms with E-state index in [4.69, 9.17) is 0 Å². The van der Waals surface area contributed by atoms with Crippen molar-refractivity contribution in [3.8, 4) is 11.6 Å². The summed E-state index contributed by atoms with van der Waals surface area (Å²) in [5.74, 6) is -1.85. The smallest absolute Gasteiger partial charge is 0.495 e. The van der Waals surface area contributed by atoms with Crippen molar-refractivity contribution in [2.75, 3.05) is 7.11 Å². The summed E-state index contributed by atoms with van der Waals surface area (Å²) in [6.45, 7) is 0. The quantitative estimate of drug-likeness (QED) is 0.610. The van der Waals surface area contributed by atoms with Crippen molar-refractivity contribution < 1.29 is 35.8 Å². The Morgan fingerprint density at radius 3 is 2.16 bits per heavy atom. The van der Waals surface area contributed by atoms with E-state index in [0.717, 1.165) is 13.3 Å². The van der Waals surface area contributed by atoms with Crippen LogP contribution in [0, 0.1) is 0 Å². The average molecular weight is 354 g/mol. The Morgan fingerprint density at radius 2 is 1.79 bits per heavy atom. The van der Waals surface area contributed by atoms with E-state index in [2.05, 4.69) is 30.4 Å². The minimum atomic E-state index is -5.27. The number of alkyl halides is 7. The van der Waals surface area contributed by atoms with Gasteiger partial charge in [0, 0.05) is 10.9 Å². The maximum atomic E-state index is 12.8. The molecular formula is C9H6BrF6NO2. The van der Waals surface area contributed by atoms with Gasteiger partial charge in [-0.3, -0.25) is 0 Å². The van der Waals surface area contributed by atoms with Gasteiger partial charge in [-0.15, -0.1) is 13.2 Å². The number of rotatable bonds is 3. The zero-order chi connectivity index (χ0) is 14.8. The molecule has 10 heteroatoms. The normalized spacial score (nSPS) is 12.4. The molecule has 0 saturated carbocycles. The third-order valence-corrected chi connectivity index (χ3v) is 2.52. The fourth-order valence-corrected chi connectivity index (χ4v) is 1.86. The molecule has 0 amide bonds. The fraction of sp³-hybridized carbons (Fsp3) is 0.444. The molecule has 0 saturated heterocycles. The average Bonchev–Trinajstić information content (AvgIpc) is 2.24. The highest BCUT2D eigenvalue weighted by Crippen LogP contribution is 2.43. The van der Waals surface area contributed by atoms with Crippen molar-refractivity contribution in [1.29, 1.82) is 0 Å². The van der Waals surface area contributed by atoms with E-state index in [-0.39, 0.29) is 11.1 Å². The molecule has 0 aliphatic rings. The summed E-state index contributed by atoms with van der Waals surface area (Å²) >= 11 is 2.76. The van der Waals surface area contributed by atoms with Crippen LogP contribution in [0.2, 0.25) is 0 Å². The first kappa shape index (κ1) is 15.9. The molecule has 0 bridgehead atoms. The van der Waals surface area contributed by atoms with E-state index < -0.39 is 29.5 Å². The van der Waals surface area contributed by atoms with Gasteiger partial charge in [-0.25, -0.2) is 4.98 Å².